The van der Waals surface area contributed by atoms with Crippen LogP contribution in [0.1, 0.15) is 30.1 Å². The molecule has 5 heteroatoms. The molecular weight excluding hydrogens is 342 g/mol. The maximum atomic E-state index is 12.6. The summed E-state index contributed by atoms with van der Waals surface area (Å²) in [4.78, 5) is 15.0. The molecule has 2 rings (SSSR count). The van der Waals surface area contributed by atoms with E-state index in [4.69, 9.17) is 16.3 Å². The molecule has 1 aromatic carbocycles. The molecule has 1 aliphatic heterocycles. The highest BCUT2D eigenvalue weighted by Crippen LogP contribution is 2.28. The van der Waals surface area contributed by atoms with E-state index in [1.807, 2.05) is 4.90 Å². The number of halogens is 2. The average Bonchev–Trinajstić information content (AvgIpc) is 2.46. The zero-order valence-corrected chi connectivity index (χ0v) is 14.1. The Morgan fingerprint density at radius 1 is 1.45 bits per heavy atom. The van der Waals surface area contributed by atoms with E-state index in [1.54, 1.807) is 25.3 Å². The molecule has 110 valence electrons. The Labute approximate surface area is 133 Å². The third kappa shape index (κ3) is 3.47. The summed E-state index contributed by atoms with van der Waals surface area (Å²) in [6, 6.07) is 5.15. The molecule has 1 aliphatic rings. The number of hydrogen-bond acceptors (Lipinski definition) is 2. The zero-order chi connectivity index (χ0) is 14.7. The lowest BCUT2D eigenvalue weighted by Crippen LogP contribution is -2.40. The number of ether oxygens (including phenoxy) is 1. The number of benzene rings is 1. The van der Waals surface area contributed by atoms with Crippen molar-refractivity contribution in [1.29, 1.82) is 0 Å². The van der Waals surface area contributed by atoms with Gasteiger partial charge in [-0.2, -0.15) is 0 Å². The summed E-state index contributed by atoms with van der Waals surface area (Å²) in [5.74, 6) is 1.21. The van der Waals surface area contributed by atoms with E-state index in [-0.39, 0.29) is 5.91 Å². The van der Waals surface area contributed by atoms with Crippen LogP contribution in [0.5, 0.6) is 5.75 Å². The van der Waals surface area contributed by atoms with Crippen LogP contribution in [0.15, 0.2) is 18.2 Å². The summed E-state index contributed by atoms with van der Waals surface area (Å²) in [7, 11) is 1.56. The molecule has 0 bridgehead atoms. The number of hydrogen-bond donors (Lipinski definition) is 0. The average molecular weight is 361 g/mol. The van der Waals surface area contributed by atoms with Gasteiger partial charge in [-0.1, -0.05) is 34.5 Å². The Balaban J connectivity index is 2.09. The van der Waals surface area contributed by atoms with Crippen molar-refractivity contribution in [2.75, 3.05) is 20.2 Å². The largest absolute Gasteiger partial charge is 0.496 e. The highest BCUT2D eigenvalue weighted by atomic mass is 79.9. The molecule has 1 amide bonds. The van der Waals surface area contributed by atoms with E-state index in [0.29, 0.717) is 27.1 Å². The van der Waals surface area contributed by atoms with Crippen molar-refractivity contribution in [3.05, 3.63) is 28.8 Å². The van der Waals surface area contributed by atoms with Crippen LogP contribution < -0.4 is 4.74 Å². The summed E-state index contributed by atoms with van der Waals surface area (Å²) in [5.41, 5.74) is 0.585. The molecule has 1 saturated heterocycles. The summed E-state index contributed by atoms with van der Waals surface area (Å²) in [5, 5.41) is 0.574. The number of rotatable bonds is 3. The normalized spacial score (nSPS) is 17.9. The minimum Gasteiger partial charge on any atom is -0.496 e. The number of piperidine rings is 1. The molecule has 0 spiro atoms. The van der Waals surface area contributed by atoms with Crippen molar-refractivity contribution >= 4 is 33.4 Å². The van der Waals surface area contributed by atoms with Gasteiger partial charge in [0.25, 0.3) is 5.91 Å². The molecule has 3 nitrogen and oxygen atoms in total. The molecule has 0 saturated carbocycles. The second-order valence-corrected chi connectivity index (χ2v) is 7.03. The molecule has 1 unspecified atom stereocenters. The van der Waals surface area contributed by atoms with Gasteiger partial charge < -0.3 is 9.64 Å². The molecule has 0 aliphatic carbocycles. The second-order valence-electron chi connectivity index (χ2n) is 5.15. The number of methoxy groups -OCH3 is 1. The monoisotopic (exact) mass is 359 g/mol. The van der Waals surface area contributed by atoms with Gasteiger partial charge in [-0.05, 0) is 37.0 Å². The van der Waals surface area contributed by atoms with Gasteiger partial charge in [-0.25, -0.2) is 0 Å². The lowest BCUT2D eigenvalue weighted by Gasteiger charge is -2.33. The van der Waals surface area contributed by atoms with Crippen LogP contribution in [0.3, 0.4) is 0 Å². The van der Waals surface area contributed by atoms with Gasteiger partial charge in [0.2, 0.25) is 0 Å². The van der Waals surface area contributed by atoms with E-state index in [9.17, 15) is 4.79 Å². The fourth-order valence-corrected chi connectivity index (χ4v) is 3.26. The van der Waals surface area contributed by atoms with Gasteiger partial charge in [0.1, 0.15) is 5.75 Å². The van der Waals surface area contributed by atoms with Gasteiger partial charge in [0.15, 0.2) is 0 Å². The standard InChI is InChI=1S/C15H19BrClNO2/c1-10(16)11-5-7-18(8-6-11)15(19)13-4-3-12(17)9-14(13)20-2/h3-4,9-11H,5-8H2,1-2H3. The first-order valence-corrected chi connectivity index (χ1v) is 8.09. The van der Waals surface area contributed by atoms with E-state index in [2.05, 4.69) is 22.9 Å². The highest BCUT2D eigenvalue weighted by molar-refractivity contribution is 9.09. The van der Waals surface area contributed by atoms with Crippen LogP contribution in [0.2, 0.25) is 5.02 Å². The first kappa shape index (κ1) is 15.6. The lowest BCUT2D eigenvalue weighted by atomic mass is 9.94. The molecule has 1 fully saturated rings. The summed E-state index contributed by atoms with van der Waals surface area (Å²) in [6.07, 6.45) is 2.07. The summed E-state index contributed by atoms with van der Waals surface area (Å²) < 4.78 is 5.26. The summed E-state index contributed by atoms with van der Waals surface area (Å²) in [6.45, 7) is 3.76. The molecule has 0 N–H and O–H groups in total. The number of alkyl halides is 1. The number of nitrogens with zero attached hydrogens (tertiary/aromatic N) is 1. The molecule has 1 atom stereocenters. The number of amides is 1. The van der Waals surface area contributed by atoms with Crippen molar-refractivity contribution < 1.29 is 9.53 Å². The van der Waals surface area contributed by atoms with E-state index >= 15 is 0 Å². The van der Waals surface area contributed by atoms with Crippen LogP contribution in [0.25, 0.3) is 0 Å². The van der Waals surface area contributed by atoms with Crippen LogP contribution in [-0.2, 0) is 0 Å². The van der Waals surface area contributed by atoms with E-state index in [0.717, 1.165) is 25.9 Å². The van der Waals surface area contributed by atoms with Crippen LogP contribution >= 0.6 is 27.5 Å². The van der Waals surface area contributed by atoms with E-state index < -0.39 is 0 Å². The Bertz CT molecular complexity index is 485. The van der Waals surface area contributed by atoms with Gasteiger partial charge in [-0.15, -0.1) is 0 Å². The van der Waals surface area contributed by atoms with Crippen molar-refractivity contribution in [2.45, 2.75) is 24.6 Å². The quantitative estimate of drug-likeness (QED) is 0.763. The SMILES string of the molecule is COc1cc(Cl)ccc1C(=O)N1CCC(C(C)Br)CC1. The fraction of sp³-hybridized carbons (Fsp3) is 0.533. The highest BCUT2D eigenvalue weighted by Gasteiger charge is 2.27. The number of likely N-dealkylation sites (tertiary alicyclic amines) is 1. The third-order valence-electron chi connectivity index (χ3n) is 3.87. The number of carbonyl (C=O) groups is 1. The van der Waals surface area contributed by atoms with Crippen molar-refractivity contribution in [2.24, 2.45) is 5.92 Å². The first-order chi connectivity index (χ1) is 9.52. The third-order valence-corrected chi connectivity index (χ3v) is 4.85. The Morgan fingerprint density at radius 2 is 2.10 bits per heavy atom. The molecule has 1 aromatic rings. The molecule has 1 heterocycles. The van der Waals surface area contributed by atoms with Gasteiger partial charge in [0, 0.05) is 22.9 Å². The summed E-state index contributed by atoms with van der Waals surface area (Å²) >= 11 is 9.56. The molecule has 0 radical (unpaired) electrons. The second kappa shape index (κ2) is 6.81. The van der Waals surface area contributed by atoms with E-state index in [1.165, 1.54) is 0 Å². The van der Waals surface area contributed by atoms with Gasteiger partial charge >= 0.3 is 0 Å². The Morgan fingerprint density at radius 3 is 2.65 bits per heavy atom. The van der Waals surface area contributed by atoms with Crippen molar-refractivity contribution in [3.63, 3.8) is 0 Å². The molecule has 0 aromatic heterocycles. The fourth-order valence-electron chi connectivity index (χ4n) is 2.57. The predicted molar refractivity (Wildman–Crippen MR) is 85.0 cm³/mol. The van der Waals surface area contributed by atoms with Crippen molar-refractivity contribution in [1.82, 2.24) is 4.90 Å². The number of carbonyl (C=O) groups excluding carboxylic acids is 1. The topological polar surface area (TPSA) is 29.5 Å². The van der Waals surface area contributed by atoms with Crippen LogP contribution in [0, 0.1) is 5.92 Å². The minimum atomic E-state index is 0.0270. The van der Waals surface area contributed by atoms with Crippen LogP contribution in [0.4, 0.5) is 0 Å². The zero-order valence-electron chi connectivity index (χ0n) is 11.7. The Hall–Kier alpha value is -0.740. The Kier molecular flexibility index (Phi) is 5.33. The smallest absolute Gasteiger partial charge is 0.257 e. The predicted octanol–water partition coefficient (Wildman–Crippen LogP) is 3.98. The van der Waals surface area contributed by atoms with Crippen molar-refractivity contribution in [3.8, 4) is 5.75 Å². The van der Waals surface area contributed by atoms with Crippen LogP contribution in [-0.4, -0.2) is 35.8 Å². The lowest BCUT2D eigenvalue weighted by molar-refractivity contribution is 0.0688. The van der Waals surface area contributed by atoms with Gasteiger partial charge in [0.05, 0.1) is 12.7 Å². The molecule has 20 heavy (non-hydrogen) atoms. The van der Waals surface area contributed by atoms with Gasteiger partial charge in [-0.3, -0.25) is 4.79 Å². The molecular formula is C15H19BrClNO2. The first-order valence-electron chi connectivity index (χ1n) is 6.79. The maximum absolute atomic E-state index is 12.6. The minimum absolute atomic E-state index is 0.0270. The maximum Gasteiger partial charge on any atom is 0.257 e.